The number of sulfone groups is 1. The van der Waals surface area contributed by atoms with Gasteiger partial charge in [0.05, 0.1) is 115 Å². The highest BCUT2D eigenvalue weighted by Gasteiger charge is 2.45. The van der Waals surface area contributed by atoms with E-state index in [1.807, 2.05) is 101 Å². The van der Waals surface area contributed by atoms with E-state index in [9.17, 15) is 27.9 Å². The van der Waals surface area contributed by atoms with Crippen molar-refractivity contribution in [3.05, 3.63) is 113 Å². The van der Waals surface area contributed by atoms with Crippen LogP contribution in [0.5, 0.6) is 17.2 Å². The number of anilines is 2. The lowest BCUT2D eigenvalue weighted by atomic mass is 9.85. The number of aryl methyl sites for hydroxylation is 1. The molecule has 1 aliphatic heterocycles. The van der Waals surface area contributed by atoms with Gasteiger partial charge in [0.15, 0.2) is 9.84 Å². The van der Waals surface area contributed by atoms with Crippen molar-refractivity contribution < 1.29 is 61.1 Å². The van der Waals surface area contributed by atoms with Crippen LogP contribution in [-0.4, -0.2) is 173 Å². The normalized spacial score (nSPS) is 15.4. The van der Waals surface area contributed by atoms with E-state index in [0.29, 0.717) is 41.2 Å². The van der Waals surface area contributed by atoms with Crippen molar-refractivity contribution in [3.8, 4) is 27.7 Å². The van der Waals surface area contributed by atoms with Crippen LogP contribution in [0.25, 0.3) is 31.6 Å². The monoisotopic (exact) mass is 1250 g/mol. The van der Waals surface area contributed by atoms with Gasteiger partial charge in [0, 0.05) is 66.7 Å². The third kappa shape index (κ3) is 17.3. The molecule has 87 heavy (non-hydrogen) atoms. The molecule has 4 N–H and O–H groups in total. The van der Waals surface area contributed by atoms with E-state index in [1.165, 1.54) is 4.90 Å². The fourth-order valence-corrected chi connectivity index (χ4v) is 12.7. The molecule has 0 spiro atoms. The van der Waals surface area contributed by atoms with Gasteiger partial charge >= 0.3 is 0 Å². The zero-order valence-corrected chi connectivity index (χ0v) is 53.5. The number of amides is 3. The fourth-order valence-electron chi connectivity index (χ4n) is 9.96. The minimum absolute atomic E-state index is 0.0190. The molecule has 0 aliphatic carbocycles. The fraction of sp³-hybridized carbons (Fsp3) is 0.460. The molecule has 468 valence electrons. The zero-order chi connectivity index (χ0) is 62.5. The number of hydrogen-bond donors (Lipinski definition) is 4. The number of thiazole rings is 2. The standard InChI is InChI=1S/C63H80N8O13S3/c1-40-58(86-38-65-40)42-13-11-41(12-14-42)51(36-70(8)34-43-15-17-46(78-9)31-53(43)79-10)68-60(74)52-30-45(72)35-71(52)61(75)59(62(2,3)4)69-57(73)37-83-26-25-81-22-21-80-23-24-82-27-28-84-54-33-49-47(32-56(54)87(76,77)63(5,6)7)48(19-20-64-49)67-44-16-18-55-50(29-44)66-39-85-55/h11-20,29,31-33,38-39,45,51-52,59,72H,21-28,30,34-37H2,1-10H3,(H,64,67)(H,68,74)(H,69,73)/t45?,51-,52?,59+/m0/s1. The van der Waals surface area contributed by atoms with Crippen molar-refractivity contribution in [3.63, 3.8) is 0 Å². The molecule has 0 saturated carbocycles. The lowest BCUT2D eigenvalue weighted by Gasteiger charge is -2.36. The summed E-state index contributed by atoms with van der Waals surface area (Å²) < 4.78 is 67.6. The molecule has 3 amide bonds. The van der Waals surface area contributed by atoms with E-state index in [0.717, 1.165) is 43.2 Å². The van der Waals surface area contributed by atoms with Crippen LogP contribution >= 0.6 is 22.7 Å². The number of hydrogen-bond acceptors (Lipinski definition) is 20. The molecule has 0 radical (unpaired) electrons. The van der Waals surface area contributed by atoms with Crippen molar-refractivity contribution >= 4 is 82.7 Å². The van der Waals surface area contributed by atoms with Crippen LogP contribution in [0, 0.1) is 12.3 Å². The summed E-state index contributed by atoms with van der Waals surface area (Å²) in [5.41, 5.74) is 9.43. The van der Waals surface area contributed by atoms with Gasteiger partial charge in [0.1, 0.15) is 47.4 Å². The molecule has 21 nitrogen and oxygen atoms in total. The van der Waals surface area contributed by atoms with E-state index in [-0.39, 0.29) is 83.1 Å². The number of pyridine rings is 1. The van der Waals surface area contributed by atoms with Crippen molar-refractivity contribution in [1.29, 1.82) is 0 Å². The number of nitrogens with zero attached hydrogens (tertiary/aromatic N) is 5. The zero-order valence-electron chi connectivity index (χ0n) is 51.0. The first kappa shape index (κ1) is 66.1. The highest BCUT2D eigenvalue weighted by atomic mass is 32.2. The van der Waals surface area contributed by atoms with Crippen molar-refractivity contribution in [2.45, 2.75) is 95.3 Å². The van der Waals surface area contributed by atoms with Crippen LogP contribution in [0.15, 0.2) is 101 Å². The molecule has 24 heteroatoms. The molecule has 4 atom stereocenters. The first-order valence-corrected chi connectivity index (χ1v) is 32.0. The molecule has 4 aromatic carbocycles. The highest BCUT2D eigenvalue weighted by molar-refractivity contribution is 7.92. The summed E-state index contributed by atoms with van der Waals surface area (Å²) >= 11 is 3.11. The number of likely N-dealkylation sites (N-methyl/N-ethyl adjacent to an activating group) is 1. The van der Waals surface area contributed by atoms with Gasteiger partial charge in [-0.3, -0.25) is 24.3 Å². The number of rotatable bonds is 30. The number of aliphatic hydroxyl groups excluding tert-OH is 1. The second kappa shape index (κ2) is 29.9. The number of aromatic nitrogens is 3. The van der Waals surface area contributed by atoms with E-state index >= 15 is 0 Å². The summed E-state index contributed by atoms with van der Waals surface area (Å²) in [5.74, 6) is 0.0624. The molecule has 1 aliphatic rings. The van der Waals surface area contributed by atoms with Gasteiger partial charge in [-0.05, 0) is 87.7 Å². The summed E-state index contributed by atoms with van der Waals surface area (Å²) in [5, 5.41) is 21.1. The molecule has 7 aromatic rings. The molecule has 1 fully saturated rings. The Labute approximate surface area is 517 Å². The van der Waals surface area contributed by atoms with Crippen molar-refractivity contribution in [1.82, 2.24) is 35.4 Å². The number of aliphatic hydroxyl groups is 1. The molecule has 1 saturated heterocycles. The smallest absolute Gasteiger partial charge is 0.246 e. The maximum Gasteiger partial charge on any atom is 0.246 e. The number of benzene rings is 4. The van der Waals surface area contributed by atoms with Gasteiger partial charge in [0.25, 0.3) is 0 Å². The number of carbonyl (C=O) groups is 3. The van der Waals surface area contributed by atoms with Gasteiger partial charge in [-0.1, -0.05) is 51.1 Å². The minimum atomic E-state index is -3.85. The second-order valence-corrected chi connectivity index (χ2v) is 27.7. The Bertz CT molecular complexity index is 3570. The minimum Gasteiger partial charge on any atom is -0.497 e. The van der Waals surface area contributed by atoms with Crippen LogP contribution in [0.1, 0.15) is 70.8 Å². The summed E-state index contributed by atoms with van der Waals surface area (Å²) in [4.78, 5) is 60.2. The Morgan fingerprint density at radius 3 is 2.11 bits per heavy atom. The average Bonchev–Trinajstić information content (AvgIpc) is 1.62. The Morgan fingerprint density at radius 1 is 0.770 bits per heavy atom. The Balaban J connectivity index is 0.763. The van der Waals surface area contributed by atoms with Gasteiger partial charge in [-0.25, -0.2) is 18.4 Å². The van der Waals surface area contributed by atoms with Crippen LogP contribution in [0.4, 0.5) is 11.4 Å². The number of methoxy groups -OCH3 is 2. The molecular formula is C63H80N8O13S3. The molecular weight excluding hydrogens is 1170 g/mol. The van der Waals surface area contributed by atoms with Gasteiger partial charge in [-0.2, -0.15) is 0 Å². The average molecular weight is 1250 g/mol. The third-order valence-electron chi connectivity index (χ3n) is 14.7. The van der Waals surface area contributed by atoms with E-state index in [1.54, 1.807) is 87.6 Å². The second-order valence-electron chi connectivity index (χ2n) is 23.3. The van der Waals surface area contributed by atoms with Gasteiger partial charge in [0.2, 0.25) is 17.7 Å². The number of fused-ring (bicyclic) bond motifs is 2. The quantitative estimate of drug-likeness (QED) is 0.0308. The number of ether oxygens (including phenoxy) is 7. The van der Waals surface area contributed by atoms with Gasteiger partial charge in [-0.15, -0.1) is 22.7 Å². The van der Waals surface area contributed by atoms with E-state index in [4.69, 9.17) is 33.2 Å². The topological polar surface area (TPSA) is 251 Å². The number of likely N-dealkylation sites (tertiary alicyclic amines) is 1. The Kier molecular flexibility index (Phi) is 22.7. The van der Waals surface area contributed by atoms with Crippen molar-refractivity contribution in [2.75, 3.05) is 99.1 Å². The highest BCUT2D eigenvalue weighted by Crippen LogP contribution is 2.39. The number of β-amino-alcohol motifs (C(OH)–C–C–N with tert-alkyl or cyclic N) is 1. The number of nitrogens with one attached hydrogen (secondary N) is 3. The maximum absolute atomic E-state index is 14.5. The maximum atomic E-state index is 14.5. The van der Waals surface area contributed by atoms with Crippen LogP contribution in [0.2, 0.25) is 0 Å². The lowest BCUT2D eigenvalue weighted by Crippen LogP contribution is -2.58. The Morgan fingerprint density at radius 2 is 1.46 bits per heavy atom. The molecule has 8 rings (SSSR count). The molecule has 2 unspecified atom stereocenters. The predicted molar refractivity (Wildman–Crippen MR) is 337 cm³/mol. The lowest BCUT2D eigenvalue weighted by molar-refractivity contribution is -0.144. The van der Waals surface area contributed by atoms with Crippen LogP contribution in [-0.2, 0) is 49.7 Å². The van der Waals surface area contributed by atoms with Crippen molar-refractivity contribution in [2.24, 2.45) is 5.41 Å². The SMILES string of the molecule is COc1ccc(CN(C)C[C@H](NC(=O)C2CC(O)CN2C(=O)[C@@H](NC(=O)COCCOCCOCCOCCOc2cc3nccc(Nc4ccc5scnc5c4)c3cc2S(=O)(=O)C(C)(C)C)C(C)(C)C)c2ccc(-c3scnc3C)cc2)c(OC)c1. The largest absolute Gasteiger partial charge is 0.497 e. The first-order valence-electron chi connectivity index (χ1n) is 28.7. The summed E-state index contributed by atoms with van der Waals surface area (Å²) in [6.45, 7) is 14.4. The van der Waals surface area contributed by atoms with Gasteiger partial charge < -0.3 is 59.1 Å². The molecule has 4 heterocycles. The summed E-state index contributed by atoms with van der Waals surface area (Å²) in [6.07, 6.45) is 0.713. The van der Waals surface area contributed by atoms with E-state index < -0.39 is 62.0 Å². The van der Waals surface area contributed by atoms with Crippen LogP contribution in [0.3, 0.4) is 0 Å². The predicted octanol–water partition coefficient (Wildman–Crippen LogP) is 8.54. The van der Waals surface area contributed by atoms with E-state index in [2.05, 4.69) is 35.8 Å². The first-order chi connectivity index (χ1) is 41.5. The molecule has 3 aromatic heterocycles. The van der Waals surface area contributed by atoms with Crippen LogP contribution < -0.4 is 30.2 Å². The third-order valence-corrected chi connectivity index (χ3v) is 19.0. The Hall–Kier alpha value is -6.87. The number of carbonyl (C=O) groups excluding carboxylic acids is 3. The summed E-state index contributed by atoms with van der Waals surface area (Å²) in [7, 11) is 1.31. The summed E-state index contributed by atoms with van der Waals surface area (Å²) in [6, 6.07) is 22.0. The molecule has 0 bridgehead atoms.